The van der Waals surface area contributed by atoms with Gasteiger partial charge >= 0.3 is 11.9 Å². The summed E-state index contributed by atoms with van der Waals surface area (Å²) in [7, 11) is 0. The van der Waals surface area contributed by atoms with Crippen molar-refractivity contribution in [2.75, 3.05) is 0 Å². The van der Waals surface area contributed by atoms with Crippen LogP contribution < -0.4 is 5.32 Å². The normalized spacial score (nSPS) is 39.8. The van der Waals surface area contributed by atoms with Crippen molar-refractivity contribution in [2.24, 2.45) is 62.1 Å². The van der Waals surface area contributed by atoms with Crippen LogP contribution >= 0.6 is 0 Å². The van der Waals surface area contributed by atoms with E-state index in [1.165, 1.54) is 23.1 Å². The summed E-state index contributed by atoms with van der Waals surface area (Å²) in [6.45, 7) is 25.6. The Balaban J connectivity index is 1.24. The van der Waals surface area contributed by atoms with Gasteiger partial charge in [0.05, 0.1) is 18.3 Å². The Morgan fingerprint density at radius 1 is 0.902 bits per heavy atom. The van der Waals surface area contributed by atoms with Crippen molar-refractivity contribution in [3.63, 3.8) is 0 Å². The lowest BCUT2D eigenvalue weighted by molar-refractivity contribution is -0.249. The lowest BCUT2D eigenvalue weighted by atomic mass is 9.32. The molecule has 6 nitrogen and oxygen atoms in total. The van der Waals surface area contributed by atoms with E-state index in [1.807, 2.05) is 13.8 Å². The van der Waals surface area contributed by atoms with Gasteiger partial charge in [-0.25, -0.2) is 0 Å². The summed E-state index contributed by atoms with van der Waals surface area (Å²) in [6.07, 6.45) is 10.5. The number of nitrogens with one attached hydrogen (secondary N) is 1. The van der Waals surface area contributed by atoms with Crippen molar-refractivity contribution in [2.45, 2.75) is 152 Å². The highest BCUT2D eigenvalue weighted by atomic mass is 16.5. The van der Waals surface area contributed by atoms with Crippen LogP contribution in [0.25, 0.3) is 0 Å². The number of aliphatic carboxylic acids is 1. The zero-order valence-electron chi connectivity index (χ0n) is 33.3. The Morgan fingerprint density at radius 3 is 2.29 bits per heavy atom. The van der Waals surface area contributed by atoms with Gasteiger partial charge in [-0.1, -0.05) is 90.4 Å². The third-order valence-corrected chi connectivity index (χ3v) is 16.5. The third-order valence-electron chi connectivity index (χ3n) is 16.5. The lowest BCUT2D eigenvalue weighted by Gasteiger charge is -2.72. The molecule has 5 aliphatic carbocycles. The number of ether oxygens (including phenoxy) is 1. The van der Waals surface area contributed by atoms with E-state index in [4.69, 9.17) is 4.74 Å². The number of hydrogen-bond acceptors (Lipinski definition) is 4. The Bertz CT molecular complexity index is 1560. The van der Waals surface area contributed by atoms with Crippen LogP contribution in [0.3, 0.4) is 0 Å². The fourth-order valence-corrected chi connectivity index (χ4v) is 14.0. The fourth-order valence-electron chi connectivity index (χ4n) is 14.0. The Labute approximate surface area is 308 Å². The number of rotatable bonds is 9. The average molecular weight is 702 g/mol. The summed E-state index contributed by atoms with van der Waals surface area (Å²) in [5, 5.41) is 12.8. The van der Waals surface area contributed by atoms with Crippen molar-refractivity contribution >= 4 is 17.8 Å². The molecule has 6 rings (SSSR count). The minimum absolute atomic E-state index is 0.0515. The zero-order valence-corrected chi connectivity index (χ0v) is 33.3. The number of benzene rings is 1. The van der Waals surface area contributed by atoms with E-state index in [2.05, 4.69) is 84.6 Å². The first kappa shape index (κ1) is 38.1. The molecule has 0 saturated heterocycles. The second-order valence-corrected chi connectivity index (χ2v) is 20.3. The van der Waals surface area contributed by atoms with Crippen LogP contribution in [-0.2, 0) is 25.7 Å². The summed E-state index contributed by atoms with van der Waals surface area (Å²) < 4.78 is 6.28. The number of fused-ring (bicyclic) bond motifs is 7. The van der Waals surface area contributed by atoms with Crippen LogP contribution in [0.5, 0.6) is 0 Å². The molecule has 2 N–H and O–H groups in total. The standard InChI is InChI=1S/C45H67NO5/c1-28(2)31-16-21-45(39(50)46-27-30-13-11-12-29(3)24-30)23-22-43(9)32(38(31)45)14-15-34-42(8)19-18-35(41(6,7)33(42)17-20-44(34,43)10)51-37(49)26-40(4,5)25-36(47)48/h11-13,24,31-35,38H,1,14-23,25-27H2,2-10H3,(H,46,50)(H,47,48)/t31-,32+,33-,34+,35-,38+,42-,43+,44+,45-/m0/s1. The number of aryl methyl sites for hydroxylation is 1. The summed E-state index contributed by atoms with van der Waals surface area (Å²) in [4.78, 5) is 39.1. The van der Waals surface area contributed by atoms with E-state index < -0.39 is 11.4 Å². The minimum atomic E-state index is -0.886. The molecule has 1 aromatic rings. The molecule has 0 aliphatic heterocycles. The summed E-state index contributed by atoms with van der Waals surface area (Å²) in [6, 6.07) is 8.49. The predicted octanol–water partition coefficient (Wildman–Crippen LogP) is 10.1. The van der Waals surface area contributed by atoms with Crippen LogP contribution in [0.15, 0.2) is 36.4 Å². The quantitative estimate of drug-likeness (QED) is 0.198. The van der Waals surface area contributed by atoms with Gasteiger partial charge in [0.2, 0.25) is 5.91 Å². The largest absolute Gasteiger partial charge is 0.481 e. The van der Waals surface area contributed by atoms with Crippen LogP contribution in [0, 0.1) is 69.0 Å². The van der Waals surface area contributed by atoms with Crippen molar-refractivity contribution in [1.82, 2.24) is 5.32 Å². The number of carboxylic acid groups (broad SMARTS) is 1. The predicted molar refractivity (Wildman–Crippen MR) is 203 cm³/mol. The number of carbonyl (C=O) groups excluding carboxylic acids is 2. The molecule has 0 bridgehead atoms. The second kappa shape index (κ2) is 13.0. The van der Waals surface area contributed by atoms with Crippen LogP contribution in [-0.4, -0.2) is 29.1 Å². The van der Waals surface area contributed by atoms with E-state index in [9.17, 15) is 19.5 Å². The van der Waals surface area contributed by atoms with Gasteiger partial charge in [0.25, 0.3) is 0 Å². The smallest absolute Gasteiger partial charge is 0.306 e. The maximum Gasteiger partial charge on any atom is 0.306 e. The molecular weight excluding hydrogens is 634 g/mol. The highest BCUT2D eigenvalue weighted by Gasteiger charge is 2.72. The molecule has 0 heterocycles. The highest BCUT2D eigenvalue weighted by Crippen LogP contribution is 2.77. The third kappa shape index (κ3) is 6.20. The van der Waals surface area contributed by atoms with Crippen molar-refractivity contribution in [1.29, 1.82) is 0 Å². The van der Waals surface area contributed by atoms with Crippen molar-refractivity contribution in [3.8, 4) is 0 Å². The number of allylic oxidation sites excluding steroid dienone is 1. The maximum atomic E-state index is 14.5. The van der Waals surface area contributed by atoms with E-state index in [1.54, 1.807) is 0 Å². The van der Waals surface area contributed by atoms with Crippen molar-refractivity contribution in [3.05, 3.63) is 47.5 Å². The van der Waals surface area contributed by atoms with Gasteiger partial charge in [-0.2, -0.15) is 0 Å². The summed E-state index contributed by atoms with van der Waals surface area (Å²) >= 11 is 0. The van der Waals surface area contributed by atoms with Crippen LogP contribution in [0.1, 0.15) is 144 Å². The number of hydrogen-bond donors (Lipinski definition) is 2. The molecule has 5 fully saturated rings. The number of amides is 1. The monoisotopic (exact) mass is 702 g/mol. The van der Waals surface area contributed by atoms with Gasteiger partial charge in [-0.05, 0) is 135 Å². The van der Waals surface area contributed by atoms with Crippen LogP contribution in [0.4, 0.5) is 0 Å². The first-order valence-corrected chi connectivity index (χ1v) is 20.1. The minimum Gasteiger partial charge on any atom is -0.481 e. The molecule has 10 atom stereocenters. The molecule has 0 spiro atoms. The topological polar surface area (TPSA) is 92.7 Å². The van der Waals surface area contributed by atoms with Gasteiger partial charge < -0.3 is 15.2 Å². The Hall–Kier alpha value is -2.63. The number of carboxylic acids is 1. The summed E-state index contributed by atoms with van der Waals surface area (Å²) in [5.41, 5.74) is 2.93. The molecule has 282 valence electrons. The van der Waals surface area contributed by atoms with Gasteiger partial charge in [0.15, 0.2) is 0 Å². The molecule has 6 heteroatoms. The molecule has 0 unspecified atom stereocenters. The van der Waals surface area contributed by atoms with E-state index in [-0.39, 0.29) is 57.9 Å². The van der Waals surface area contributed by atoms with Gasteiger partial charge in [-0.15, -0.1) is 0 Å². The van der Waals surface area contributed by atoms with Gasteiger partial charge in [0, 0.05) is 12.0 Å². The van der Waals surface area contributed by atoms with Crippen LogP contribution in [0.2, 0.25) is 0 Å². The molecule has 1 aromatic carbocycles. The summed E-state index contributed by atoms with van der Waals surface area (Å²) in [5.74, 6) is 1.32. The first-order valence-electron chi connectivity index (χ1n) is 20.1. The van der Waals surface area contributed by atoms with E-state index in [0.717, 1.165) is 57.8 Å². The lowest BCUT2D eigenvalue weighted by Crippen LogP contribution is -2.67. The molecule has 51 heavy (non-hydrogen) atoms. The Kier molecular flexibility index (Phi) is 9.75. The van der Waals surface area contributed by atoms with Gasteiger partial charge in [0.1, 0.15) is 6.10 Å². The average Bonchev–Trinajstić information content (AvgIpc) is 3.42. The van der Waals surface area contributed by atoms with Gasteiger partial charge in [-0.3, -0.25) is 14.4 Å². The zero-order chi connectivity index (χ0) is 37.4. The van der Waals surface area contributed by atoms with E-state index >= 15 is 0 Å². The molecule has 5 saturated carbocycles. The number of esters is 1. The fraction of sp³-hybridized carbons (Fsp3) is 0.756. The molecule has 5 aliphatic rings. The molecular formula is C45H67NO5. The SMILES string of the molecule is C=C(C)[C@@H]1CC[C@]2(C(=O)NCc3cccc(C)c3)CC[C@]3(C)[C@H](CC[C@@H]4[C@@]5(C)CC[C@H](OC(=O)CC(C)(C)CC(=O)O)C(C)(C)[C@@H]5CC[C@]43C)[C@@H]12. The molecule has 0 aromatic heterocycles. The van der Waals surface area contributed by atoms with Crippen molar-refractivity contribution < 1.29 is 24.2 Å². The first-order chi connectivity index (χ1) is 23.7. The maximum absolute atomic E-state index is 14.5. The number of carbonyl (C=O) groups is 3. The van der Waals surface area contributed by atoms with E-state index in [0.29, 0.717) is 36.1 Å². The highest BCUT2D eigenvalue weighted by molar-refractivity contribution is 5.84. The second-order valence-electron chi connectivity index (χ2n) is 20.3. The Morgan fingerprint density at radius 2 is 1.63 bits per heavy atom. The molecule has 0 radical (unpaired) electrons. The molecule has 1 amide bonds.